The first-order valence-electron chi connectivity index (χ1n) is 11.6. The number of nitrogens with zero attached hydrogens (tertiary/aromatic N) is 4. The van der Waals surface area contributed by atoms with Gasteiger partial charge in [0.05, 0.1) is 46.6 Å². The third-order valence-corrected chi connectivity index (χ3v) is 6.24. The minimum atomic E-state index is -2.46. The number of halogens is 3. The lowest BCUT2D eigenvalue weighted by atomic mass is 9.89. The van der Waals surface area contributed by atoms with Gasteiger partial charge in [-0.1, -0.05) is 33.8 Å². The number of aromatic nitrogens is 2. The van der Waals surface area contributed by atoms with Gasteiger partial charge in [-0.3, -0.25) is 24.6 Å². The maximum atomic E-state index is 16.5. The Labute approximate surface area is 215 Å². The van der Waals surface area contributed by atoms with Crippen LogP contribution >= 0.6 is 0 Å². The van der Waals surface area contributed by atoms with Crippen LogP contribution < -0.4 is 9.64 Å². The number of hydrogen-bond donors (Lipinski definition) is 0. The molecule has 9 nitrogen and oxygen atoms in total. The Morgan fingerprint density at radius 2 is 1.58 bits per heavy atom. The van der Waals surface area contributed by atoms with Gasteiger partial charge in [-0.15, -0.1) is 0 Å². The highest BCUT2D eigenvalue weighted by molar-refractivity contribution is 6.26. The minimum absolute atomic E-state index is 0.0555. The average molecular weight is 528 g/mol. The SMILES string of the molecule is COc1cccc(F)c1-c1c(F)cc2c(c1F)N(c1c(C(C)C)ncnc1C(C)C)C(=O)C([N+](=O)[O-])C2=O. The molecule has 198 valence electrons. The predicted molar refractivity (Wildman–Crippen MR) is 131 cm³/mol. The van der Waals surface area contributed by atoms with Crippen molar-refractivity contribution in [3.8, 4) is 16.9 Å². The molecule has 1 aromatic heterocycles. The number of methoxy groups -OCH3 is 1. The summed E-state index contributed by atoms with van der Waals surface area (Å²) in [6.45, 7) is 6.94. The van der Waals surface area contributed by atoms with Crippen LogP contribution in [-0.2, 0) is 4.79 Å². The molecule has 12 heteroatoms. The molecule has 0 fully saturated rings. The van der Waals surface area contributed by atoms with E-state index in [1.165, 1.54) is 25.6 Å². The summed E-state index contributed by atoms with van der Waals surface area (Å²) in [6, 6.07) is 1.64. The smallest absolute Gasteiger partial charge is 0.352 e. The molecule has 2 aromatic carbocycles. The number of nitro groups is 1. The molecule has 0 radical (unpaired) electrons. The van der Waals surface area contributed by atoms with Gasteiger partial charge in [0.15, 0.2) is 5.82 Å². The van der Waals surface area contributed by atoms with Gasteiger partial charge in [0.2, 0.25) is 5.78 Å². The summed E-state index contributed by atoms with van der Waals surface area (Å²) in [6.07, 6.45) is 1.25. The fourth-order valence-corrected chi connectivity index (χ4v) is 4.54. The van der Waals surface area contributed by atoms with Gasteiger partial charge in [0.25, 0.3) is 0 Å². The van der Waals surface area contributed by atoms with Crippen molar-refractivity contribution in [1.82, 2.24) is 9.97 Å². The molecule has 0 saturated carbocycles. The van der Waals surface area contributed by atoms with Crippen LogP contribution in [0.3, 0.4) is 0 Å². The molecule has 1 unspecified atom stereocenters. The summed E-state index contributed by atoms with van der Waals surface area (Å²) in [5, 5.41) is 11.8. The average Bonchev–Trinajstić information content (AvgIpc) is 2.85. The summed E-state index contributed by atoms with van der Waals surface area (Å²) < 4.78 is 51.9. The van der Waals surface area contributed by atoms with E-state index in [1.54, 1.807) is 27.7 Å². The van der Waals surface area contributed by atoms with Gasteiger partial charge in [-0.25, -0.2) is 23.1 Å². The van der Waals surface area contributed by atoms with Crippen LogP contribution in [0, 0.1) is 27.6 Å². The number of fused-ring (bicyclic) bond motifs is 1. The fourth-order valence-electron chi connectivity index (χ4n) is 4.54. The predicted octanol–water partition coefficient (Wildman–Crippen LogP) is 5.32. The molecular formula is C26H23F3N4O5. The first-order valence-corrected chi connectivity index (χ1v) is 11.6. The number of rotatable bonds is 6. The second-order valence-electron chi connectivity index (χ2n) is 9.29. The van der Waals surface area contributed by atoms with E-state index in [-0.39, 0.29) is 34.7 Å². The number of ketones is 1. The lowest BCUT2D eigenvalue weighted by Crippen LogP contribution is -2.51. The largest absolute Gasteiger partial charge is 0.496 e. The second-order valence-corrected chi connectivity index (χ2v) is 9.29. The highest BCUT2D eigenvalue weighted by Gasteiger charge is 2.51. The Morgan fingerprint density at radius 3 is 2.11 bits per heavy atom. The van der Waals surface area contributed by atoms with Crippen LogP contribution in [-0.4, -0.2) is 39.7 Å². The van der Waals surface area contributed by atoms with Gasteiger partial charge >= 0.3 is 11.9 Å². The van der Waals surface area contributed by atoms with Crippen LogP contribution in [0.4, 0.5) is 24.5 Å². The zero-order chi connectivity index (χ0) is 28.0. The Balaban J connectivity index is 2.19. The Hall–Kier alpha value is -4.35. The molecule has 1 atom stereocenters. The zero-order valence-electron chi connectivity index (χ0n) is 21.1. The first-order chi connectivity index (χ1) is 17.9. The fraction of sp³-hybridized carbons (Fsp3) is 0.308. The van der Waals surface area contributed by atoms with Crippen molar-refractivity contribution >= 4 is 23.1 Å². The number of carbonyl (C=O) groups is 2. The molecule has 0 N–H and O–H groups in total. The molecule has 2 heterocycles. The summed E-state index contributed by atoms with van der Waals surface area (Å²) >= 11 is 0. The first kappa shape index (κ1) is 26.7. The minimum Gasteiger partial charge on any atom is -0.496 e. The van der Waals surface area contributed by atoms with Crippen molar-refractivity contribution in [3.05, 3.63) is 75.1 Å². The number of amides is 1. The van der Waals surface area contributed by atoms with Crippen molar-refractivity contribution in [2.45, 2.75) is 45.6 Å². The summed E-state index contributed by atoms with van der Waals surface area (Å²) in [5.41, 5.74) is -2.55. The molecule has 4 rings (SSSR count). The third kappa shape index (κ3) is 4.05. The highest BCUT2D eigenvalue weighted by Crippen LogP contribution is 2.47. The lowest BCUT2D eigenvalue weighted by molar-refractivity contribution is -0.491. The molecule has 38 heavy (non-hydrogen) atoms. The van der Waals surface area contributed by atoms with E-state index in [2.05, 4.69) is 9.97 Å². The topological polar surface area (TPSA) is 116 Å². The maximum absolute atomic E-state index is 16.5. The molecule has 0 saturated heterocycles. The second kappa shape index (κ2) is 9.84. The van der Waals surface area contributed by atoms with E-state index < -0.39 is 62.5 Å². The van der Waals surface area contributed by atoms with E-state index in [1.807, 2.05) is 0 Å². The normalized spacial score (nSPS) is 15.3. The standard InChI is InChI=1S/C26H23F3N4O5/c1-11(2)20-23(21(12(3)4)31-10-30-20)32-22-13(25(34)24(26(32)35)33(36)37)9-15(28)18(19(22)29)17-14(27)7-6-8-16(17)38-5/h6-12,24H,1-5H3. The van der Waals surface area contributed by atoms with Gasteiger partial charge in [-0.05, 0) is 30.0 Å². The van der Waals surface area contributed by atoms with E-state index in [4.69, 9.17) is 4.74 Å². The number of anilines is 2. The number of carbonyl (C=O) groups excluding carboxylic acids is 2. The zero-order valence-corrected chi connectivity index (χ0v) is 21.1. The molecule has 0 bridgehead atoms. The molecule has 3 aromatic rings. The molecule has 1 amide bonds. The number of Topliss-reactive ketones (excluding diaryl/α,β-unsaturated/α-hetero) is 1. The van der Waals surface area contributed by atoms with Crippen LogP contribution in [0.5, 0.6) is 5.75 Å². The van der Waals surface area contributed by atoms with Crippen LogP contribution in [0.25, 0.3) is 11.1 Å². The lowest BCUT2D eigenvalue weighted by Gasteiger charge is -2.34. The monoisotopic (exact) mass is 528 g/mol. The highest BCUT2D eigenvalue weighted by atomic mass is 19.1. The van der Waals surface area contributed by atoms with Crippen LogP contribution in [0.15, 0.2) is 30.6 Å². The van der Waals surface area contributed by atoms with Crippen molar-refractivity contribution in [3.63, 3.8) is 0 Å². The number of benzene rings is 2. The van der Waals surface area contributed by atoms with Gasteiger partial charge < -0.3 is 4.74 Å². The van der Waals surface area contributed by atoms with Crippen molar-refractivity contribution in [1.29, 1.82) is 0 Å². The third-order valence-electron chi connectivity index (χ3n) is 6.24. The quantitative estimate of drug-likeness (QED) is 0.241. The summed E-state index contributed by atoms with van der Waals surface area (Å²) in [7, 11) is 1.18. The maximum Gasteiger partial charge on any atom is 0.352 e. The van der Waals surface area contributed by atoms with Crippen LogP contribution in [0.2, 0.25) is 0 Å². The molecule has 1 aliphatic heterocycles. The van der Waals surface area contributed by atoms with Crippen LogP contribution in [0.1, 0.15) is 61.3 Å². The Morgan fingerprint density at radius 1 is 0.974 bits per heavy atom. The molecule has 0 spiro atoms. The number of ether oxygens (including phenoxy) is 1. The van der Waals surface area contributed by atoms with Gasteiger partial charge in [0, 0.05) is 4.92 Å². The van der Waals surface area contributed by atoms with Crippen molar-refractivity contribution in [2.24, 2.45) is 0 Å². The Bertz CT molecular complexity index is 1470. The van der Waals surface area contributed by atoms with Gasteiger partial charge in [-0.2, -0.15) is 0 Å². The van der Waals surface area contributed by atoms with E-state index >= 15 is 8.78 Å². The Kier molecular flexibility index (Phi) is 6.92. The van der Waals surface area contributed by atoms with Gasteiger partial charge in [0.1, 0.15) is 23.7 Å². The van der Waals surface area contributed by atoms with Crippen molar-refractivity contribution in [2.75, 3.05) is 12.0 Å². The molecular weight excluding hydrogens is 505 g/mol. The van der Waals surface area contributed by atoms with Crippen molar-refractivity contribution < 1.29 is 32.4 Å². The van der Waals surface area contributed by atoms with E-state index in [0.717, 1.165) is 6.07 Å². The van der Waals surface area contributed by atoms with E-state index in [0.29, 0.717) is 11.0 Å². The number of hydrogen-bond acceptors (Lipinski definition) is 7. The summed E-state index contributed by atoms with van der Waals surface area (Å²) in [5.74, 6) is -7.59. The molecule has 0 aliphatic carbocycles. The molecule has 1 aliphatic rings. The summed E-state index contributed by atoms with van der Waals surface area (Å²) in [4.78, 5) is 46.5. The van der Waals surface area contributed by atoms with E-state index in [9.17, 15) is 24.1 Å².